The molecule has 0 heterocycles. The number of aliphatic hydroxyl groups excluding tert-OH is 1. The van der Waals surface area contributed by atoms with Gasteiger partial charge in [0.2, 0.25) is 5.91 Å². The van der Waals surface area contributed by atoms with Gasteiger partial charge in [-0.1, -0.05) is 37.3 Å². The van der Waals surface area contributed by atoms with Crippen LogP contribution in [0.5, 0.6) is 0 Å². The van der Waals surface area contributed by atoms with Gasteiger partial charge in [0.1, 0.15) is 0 Å². The quantitative estimate of drug-likeness (QED) is 0.681. The molecule has 0 aliphatic heterocycles. The van der Waals surface area contributed by atoms with Crippen molar-refractivity contribution in [3.8, 4) is 0 Å². The van der Waals surface area contributed by atoms with Crippen LogP contribution in [0.1, 0.15) is 18.6 Å². The van der Waals surface area contributed by atoms with E-state index < -0.39 is 6.10 Å². The monoisotopic (exact) mass is 236 g/mol. The van der Waals surface area contributed by atoms with E-state index in [4.69, 9.17) is 0 Å². The van der Waals surface area contributed by atoms with Crippen LogP contribution in [0.4, 0.5) is 0 Å². The predicted octanol–water partition coefficient (Wildman–Crippen LogP) is 0.692. The molecular weight excluding hydrogens is 216 g/mol. The highest BCUT2D eigenvalue weighted by molar-refractivity contribution is 5.78. The Hall–Kier alpha value is -1.39. The van der Waals surface area contributed by atoms with E-state index in [9.17, 15) is 9.90 Å². The van der Waals surface area contributed by atoms with Gasteiger partial charge in [0, 0.05) is 19.0 Å². The molecule has 17 heavy (non-hydrogen) atoms. The van der Waals surface area contributed by atoms with Gasteiger partial charge in [0.05, 0.1) is 6.10 Å². The summed E-state index contributed by atoms with van der Waals surface area (Å²) in [5.41, 5.74) is 0.814. The van der Waals surface area contributed by atoms with E-state index in [2.05, 4.69) is 10.6 Å². The van der Waals surface area contributed by atoms with E-state index in [1.54, 1.807) is 0 Å². The summed E-state index contributed by atoms with van der Waals surface area (Å²) in [4.78, 5) is 11.6. The Morgan fingerprint density at radius 3 is 2.53 bits per heavy atom. The molecule has 0 spiro atoms. The van der Waals surface area contributed by atoms with E-state index in [0.717, 1.165) is 5.56 Å². The van der Waals surface area contributed by atoms with Gasteiger partial charge in [-0.05, 0) is 12.6 Å². The van der Waals surface area contributed by atoms with Crippen molar-refractivity contribution >= 4 is 5.91 Å². The van der Waals surface area contributed by atoms with Crippen LogP contribution >= 0.6 is 0 Å². The first-order valence-corrected chi connectivity index (χ1v) is 5.80. The molecule has 3 N–H and O–H groups in total. The molecule has 2 unspecified atom stereocenters. The lowest BCUT2D eigenvalue weighted by Crippen LogP contribution is -2.36. The van der Waals surface area contributed by atoms with E-state index in [1.165, 1.54) is 0 Å². The molecule has 4 heteroatoms. The smallest absolute Gasteiger partial charge is 0.224 e. The molecule has 1 amide bonds. The largest absolute Gasteiger partial charge is 0.387 e. The van der Waals surface area contributed by atoms with Gasteiger partial charge in [0.25, 0.3) is 0 Å². The number of nitrogens with one attached hydrogen (secondary N) is 2. The topological polar surface area (TPSA) is 61.4 Å². The van der Waals surface area contributed by atoms with E-state index in [1.807, 2.05) is 44.3 Å². The lowest BCUT2D eigenvalue weighted by atomic mass is 10.1. The van der Waals surface area contributed by atoms with Gasteiger partial charge in [0.15, 0.2) is 0 Å². The number of hydrogen-bond donors (Lipinski definition) is 3. The molecule has 0 radical (unpaired) electrons. The van der Waals surface area contributed by atoms with Crippen LogP contribution in [-0.4, -0.2) is 31.2 Å². The average Bonchev–Trinajstić information content (AvgIpc) is 2.36. The Balaban J connectivity index is 2.38. The second-order valence-corrected chi connectivity index (χ2v) is 4.13. The first-order chi connectivity index (χ1) is 8.15. The van der Waals surface area contributed by atoms with Gasteiger partial charge < -0.3 is 15.7 Å². The van der Waals surface area contributed by atoms with Crippen LogP contribution in [-0.2, 0) is 4.79 Å². The summed E-state index contributed by atoms with van der Waals surface area (Å²) in [5.74, 6) is -0.141. The van der Waals surface area contributed by atoms with Crippen molar-refractivity contribution in [2.75, 3.05) is 20.1 Å². The van der Waals surface area contributed by atoms with Gasteiger partial charge >= 0.3 is 0 Å². The minimum absolute atomic E-state index is 0.0469. The highest BCUT2D eigenvalue weighted by Crippen LogP contribution is 2.10. The Morgan fingerprint density at radius 2 is 1.94 bits per heavy atom. The molecule has 1 aromatic rings. The Morgan fingerprint density at radius 1 is 1.29 bits per heavy atom. The highest BCUT2D eigenvalue weighted by atomic mass is 16.3. The maximum atomic E-state index is 11.6. The van der Waals surface area contributed by atoms with Crippen molar-refractivity contribution in [2.24, 2.45) is 5.92 Å². The number of hydrogen-bond acceptors (Lipinski definition) is 3. The maximum Gasteiger partial charge on any atom is 0.224 e. The molecule has 1 rings (SSSR count). The molecule has 94 valence electrons. The van der Waals surface area contributed by atoms with Gasteiger partial charge in [-0.2, -0.15) is 0 Å². The zero-order valence-corrected chi connectivity index (χ0v) is 10.3. The zero-order chi connectivity index (χ0) is 12.7. The van der Waals surface area contributed by atoms with Crippen molar-refractivity contribution in [1.29, 1.82) is 0 Å². The third-order valence-corrected chi connectivity index (χ3v) is 2.61. The van der Waals surface area contributed by atoms with Gasteiger partial charge in [-0.25, -0.2) is 0 Å². The fourth-order valence-corrected chi connectivity index (χ4v) is 1.56. The van der Waals surface area contributed by atoms with Gasteiger partial charge in [-0.15, -0.1) is 0 Å². The molecule has 0 bridgehead atoms. The molecule has 0 saturated carbocycles. The highest BCUT2D eigenvalue weighted by Gasteiger charge is 2.13. The fourth-order valence-electron chi connectivity index (χ4n) is 1.56. The van der Waals surface area contributed by atoms with Crippen LogP contribution in [0, 0.1) is 5.92 Å². The second kappa shape index (κ2) is 7.04. The SMILES string of the molecule is CNCC(C)C(=O)NCC(O)c1ccccc1. The van der Waals surface area contributed by atoms with E-state index >= 15 is 0 Å². The summed E-state index contributed by atoms with van der Waals surface area (Å²) in [6.45, 7) is 2.73. The molecule has 1 aromatic carbocycles. The summed E-state index contributed by atoms with van der Waals surface area (Å²) in [7, 11) is 1.81. The normalized spacial score (nSPS) is 14.1. The number of amides is 1. The fraction of sp³-hybridized carbons (Fsp3) is 0.462. The Kier molecular flexibility index (Phi) is 5.66. The maximum absolute atomic E-state index is 11.6. The molecule has 0 fully saturated rings. The minimum atomic E-state index is -0.651. The minimum Gasteiger partial charge on any atom is -0.387 e. The number of carbonyl (C=O) groups is 1. The lowest BCUT2D eigenvalue weighted by Gasteiger charge is -2.15. The summed E-state index contributed by atoms with van der Waals surface area (Å²) in [6, 6.07) is 9.31. The second-order valence-electron chi connectivity index (χ2n) is 4.13. The summed E-state index contributed by atoms with van der Waals surface area (Å²) < 4.78 is 0. The van der Waals surface area contributed by atoms with Gasteiger partial charge in [-0.3, -0.25) is 4.79 Å². The molecular formula is C13H20N2O2. The van der Waals surface area contributed by atoms with Crippen molar-refractivity contribution in [2.45, 2.75) is 13.0 Å². The Labute approximate surface area is 102 Å². The first-order valence-electron chi connectivity index (χ1n) is 5.80. The molecule has 0 saturated heterocycles. The summed E-state index contributed by atoms with van der Waals surface area (Å²) in [6.07, 6.45) is -0.651. The number of carbonyl (C=O) groups excluding carboxylic acids is 1. The summed E-state index contributed by atoms with van der Waals surface area (Å²) >= 11 is 0. The Bertz CT molecular complexity index is 341. The van der Waals surface area contributed by atoms with Crippen molar-refractivity contribution < 1.29 is 9.90 Å². The van der Waals surface area contributed by atoms with Crippen molar-refractivity contribution in [3.63, 3.8) is 0 Å². The third kappa shape index (κ3) is 4.54. The molecule has 0 aromatic heterocycles. The molecule has 2 atom stereocenters. The van der Waals surface area contributed by atoms with Crippen molar-refractivity contribution in [3.05, 3.63) is 35.9 Å². The first kappa shape index (κ1) is 13.7. The van der Waals surface area contributed by atoms with E-state index in [-0.39, 0.29) is 18.4 Å². The molecule has 0 aliphatic rings. The van der Waals surface area contributed by atoms with E-state index in [0.29, 0.717) is 6.54 Å². The zero-order valence-electron chi connectivity index (χ0n) is 10.3. The number of benzene rings is 1. The molecule has 4 nitrogen and oxygen atoms in total. The standard InChI is InChI=1S/C13H20N2O2/c1-10(8-14-2)13(17)15-9-12(16)11-6-4-3-5-7-11/h3-7,10,12,14,16H,8-9H2,1-2H3,(H,15,17). The van der Waals surface area contributed by atoms with Crippen molar-refractivity contribution in [1.82, 2.24) is 10.6 Å². The van der Waals surface area contributed by atoms with Crippen LogP contribution in [0.15, 0.2) is 30.3 Å². The van der Waals surface area contributed by atoms with Crippen LogP contribution in [0.2, 0.25) is 0 Å². The third-order valence-electron chi connectivity index (χ3n) is 2.61. The lowest BCUT2D eigenvalue weighted by molar-refractivity contribution is -0.124. The molecule has 0 aliphatic carbocycles. The number of aliphatic hydroxyl groups is 1. The summed E-state index contributed by atoms with van der Waals surface area (Å²) in [5, 5.41) is 15.5. The number of rotatable bonds is 6. The average molecular weight is 236 g/mol. The van der Waals surface area contributed by atoms with Crippen LogP contribution < -0.4 is 10.6 Å². The predicted molar refractivity (Wildman–Crippen MR) is 67.5 cm³/mol. The van der Waals surface area contributed by atoms with Crippen LogP contribution in [0.25, 0.3) is 0 Å². The van der Waals surface area contributed by atoms with Crippen LogP contribution in [0.3, 0.4) is 0 Å².